The molecule has 3 N–H and O–H groups in total. The van der Waals surface area contributed by atoms with Gasteiger partial charge in [0.1, 0.15) is 18.8 Å². The fourth-order valence-electron chi connectivity index (χ4n) is 2.84. The summed E-state index contributed by atoms with van der Waals surface area (Å²) in [6.45, 7) is 2.19. The van der Waals surface area contributed by atoms with E-state index in [1.54, 1.807) is 28.8 Å². The van der Waals surface area contributed by atoms with Crippen molar-refractivity contribution in [3.63, 3.8) is 0 Å². The first-order valence-corrected chi connectivity index (χ1v) is 9.38. The second-order valence-corrected chi connectivity index (χ2v) is 7.37. The molecule has 31 heavy (non-hydrogen) atoms. The third kappa shape index (κ3) is 4.77. The van der Waals surface area contributed by atoms with Gasteiger partial charge in [0.15, 0.2) is 0 Å². The molecule has 0 aromatic carbocycles. The van der Waals surface area contributed by atoms with Crippen LogP contribution in [-0.2, 0) is 0 Å². The number of carbonyl (C=O) groups excluding carboxylic acids is 1. The molecule has 0 fully saturated rings. The molecule has 158 valence electrons. The van der Waals surface area contributed by atoms with Crippen LogP contribution in [0, 0.1) is 22.7 Å². The number of anilines is 1. The van der Waals surface area contributed by atoms with Gasteiger partial charge in [-0.1, -0.05) is 0 Å². The Balaban J connectivity index is 1.93. The second kappa shape index (κ2) is 8.78. The Labute approximate surface area is 177 Å². The van der Waals surface area contributed by atoms with Crippen molar-refractivity contribution in [3.05, 3.63) is 47.8 Å². The third-order valence-electron chi connectivity index (χ3n) is 4.61. The van der Waals surface area contributed by atoms with Gasteiger partial charge >= 0.3 is 0 Å². The minimum absolute atomic E-state index is 0.0577. The van der Waals surface area contributed by atoms with Gasteiger partial charge in [-0.15, -0.1) is 0 Å². The zero-order valence-corrected chi connectivity index (χ0v) is 16.9. The predicted octanol–water partition coefficient (Wildman–Crippen LogP) is 2.04. The van der Waals surface area contributed by atoms with Gasteiger partial charge in [0.05, 0.1) is 58.1 Å². The van der Waals surface area contributed by atoms with Crippen LogP contribution in [0.1, 0.15) is 29.8 Å². The van der Waals surface area contributed by atoms with Crippen LogP contribution in [0.5, 0.6) is 0 Å². The fourth-order valence-corrected chi connectivity index (χ4v) is 2.84. The summed E-state index contributed by atoms with van der Waals surface area (Å²) in [7, 11) is 0. The monoisotopic (exact) mass is 421 g/mol. The number of aliphatic hydroxyl groups is 1. The fraction of sp³-hybridized carbons (Fsp3) is 0.286. The van der Waals surface area contributed by atoms with Gasteiger partial charge < -0.3 is 15.7 Å². The summed E-state index contributed by atoms with van der Waals surface area (Å²) in [5.74, 6) is -0.594. The van der Waals surface area contributed by atoms with E-state index in [0.29, 0.717) is 28.2 Å². The molecule has 0 aliphatic carbocycles. The molecule has 0 bridgehead atoms. The summed E-state index contributed by atoms with van der Waals surface area (Å²) in [6.07, 6.45) is 1.10. The molecular formula is C21H20FN7O2. The van der Waals surface area contributed by atoms with Crippen LogP contribution in [0.3, 0.4) is 0 Å². The van der Waals surface area contributed by atoms with Crippen LogP contribution in [0.25, 0.3) is 16.9 Å². The quantitative estimate of drug-likeness (QED) is 0.496. The van der Waals surface area contributed by atoms with Crippen molar-refractivity contribution in [2.75, 3.05) is 18.4 Å². The first kappa shape index (κ1) is 21.7. The highest BCUT2D eigenvalue weighted by atomic mass is 19.1. The van der Waals surface area contributed by atoms with Crippen LogP contribution >= 0.6 is 0 Å². The zero-order chi connectivity index (χ0) is 22.6. The van der Waals surface area contributed by atoms with Gasteiger partial charge in [-0.3, -0.25) is 9.78 Å². The van der Waals surface area contributed by atoms with Gasteiger partial charge in [-0.2, -0.15) is 15.6 Å². The number of nitriles is 2. The first-order chi connectivity index (χ1) is 14.7. The number of pyridine rings is 1. The average molecular weight is 421 g/mol. The zero-order valence-electron chi connectivity index (χ0n) is 16.9. The van der Waals surface area contributed by atoms with E-state index >= 15 is 0 Å². The molecule has 0 spiro atoms. The highest BCUT2D eigenvalue weighted by Crippen LogP contribution is 2.25. The Morgan fingerprint density at radius 1 is 1.32 bits per heavy atom. The van der Waals surface area contributed by atoms with E-state index in [0.717, 1.165) is 0 Å². The van der Waals surface area contributed by atoms with E-state index in [2.05, 4.69) is 20.7 Å². The van der Waals surface area contributed by atoms with E-state index in [4.69, 9.17) is 10.5 Å². The first-order valence-electron chi connectivity index (χ1n) is 9.38. The van der Waals surface area contributed by atoms with Gasteiger partial charge in [-0.05, 0) is 38.1 Å². The lowest BCUT2D eigenvalue weighted by atomic mass is 10.0. The van der Waals surface area contributed by atoms with Crippen molar-refractivity contribution in [2.24, 2.45) is 0 Å². The molecule has 3 aromatic rings. The highest BCUT2D eigenvalue weighted by Gasteiger charge is 2.27. The minimum atomic E-state index is -1.66. The number of fused-ring (bicyclic) bond motifs is 1. The lowest BCUT2D eigenvalue weighted by Gasteiger charge is -2.22. The minimum Gasteiger partial charge on any atom is -0.387 e. The number of hydrogen-bond donors (Lipinski definition) is 3. The smallest absolute Gasteiger partial charge is 0.255 e. The summed E-state index contributed by atoms with van der Waals surface area (Å²) in [6, 6.07) is 10.8. The number of nitrogens with one attached hydrogen (secondary N) is 2. The van der Waals surface area contributed by atoms with Crippen LogP contribution in [-0.4, -0.2) is 50.5 Å². The molecule has 3 aromatic heterocycles. The largest absolute Gasteiger partial charge is 0.387 e. The van der Waals surface area contributed by atoms with Crippen molar-refractivity contribution in [1.82, 2.24) is 19.9 Å². The van der Waals surface area contributed by atoms with Crippen molar-refractivity contribution < 1.29 is 14.3 Å². The number of amides is 1. The molecule has 0 aliphatic heterocycles. The Hall–Kier alpha value is -4.02. The van der Waals surface area contributed by atoms with Gasteiger partial charge in [0.2, 0.25) is 0 Å². The number of halogens is 1. The van der Waals surface area contributed by atoms with Crippen molar-refractivity contribution in [1.29, 1.82) is 10.5 Å². The van der Waals surface area contributed by atoms with Crippen LogP contribution < -0.4 is 10.6 Å². The Kier molecular flexibility index (Phi) is 6.14. The second-order valence-electron chi connectivity index (χ2n) is 7.37. The lowest BCUT2D eigenvalue weighted by Crippen LogP contribution is -2.42. The maximum atomic E-state index is 14.0. The topological polar surface area (TPSA) is 139 Å². The summed E-state index contributed by atoms with van der Waals surface area (Å²) in [5, 5.41) is 37.2. The molecule has 9 nitrogen and oxygen atoms in total. The molecular weight excluding hydrogens is 401 g/mol. The van der Waals surface area contributed by atoms with Crippen molar-refractivity contribution in [2.45, 2.75) is 25.6 Å². The lowest BCUT2D eigenvalue weighted by molar-refractivity contribution is -0.00177. The highest BCUT2D eigenvalue weighted by molar-refractivity contribution is 6.00. The van der Waals surface area contributed by atoms with Crippen molar-refractivity contribution in [3.8, 4) is 23.5 Å². The molecule has 1 amide bonds. The van der Waals surface area contributed by atoms with Gasteiger partial charge in [0, 0.05) is 6.20 Å². The molecule has 0 saturated heterocycles. The summed E-state index contributed by atoms with van der Waals surface area (Å²) < 4.78 is 15.6. The molecule has 0 radical (unpaired) electrons. The molecule has 0 aliphatic rings. The standard InChI is InChI=1S/C21H20FN7O2/c1-21(2,31)19(22)12-27-20(30)15-11-26-17(8-16(15)25-6-5-23)18-4-3-14-7-13(9-24)10-28-29(14)18/h3-4,7-8,10-11,19,31H,6,12H2,1-2H3,(H,25,26)(H,27,30). The Bertz CT molecular complexity index is 1200. The molecule has 10 heteroatoms. The van der Waals surface area contributed by atoms with E-state index in [9.17, 15) is 14.3 Å². The number of rotatable bonds is 7. The third-order valence-corrected chi connectivity index (χ3v) is 4.61. The SMILES string of the molecule is CC(C)(O)C(F)CNC(=O)c1cnc(-c2ccc3cc(C#N)cnn23)cc1NCC#N. The predicted molar refractivity (Wildman–Crippen MR) is 111 cm³/mol. The van der Waals surface area contributed by atoms with Gasteiger partial charge in [-0.25, -0.2) is 8.91 Å². The van der Waals surface area contributed by atoms with Crippen LogP contribution in [0.2, 0.25) is 0 Å². The number of hydrogen-bond acceptors (Lipinski definition) is 7. The normalized spacial score (nSPS) is 12.1. The van der Waals surface area contributed by atoms with Gasteiger partial charge in [0.25, 0.3) is 5.91 Å². The summed E-state index contributed by atoms with van der Waals surface area (Å²) in [4.78, 5) is 16.9. The molecule has 1 unspecified atom stereocenters. The van der Waals surface area contributed by atoms with Crippen LogP contribution in [0.15, 0.2) is 36.7 Å². The molecule has 3 rings (SSSR count). The maximum Gasteiger partial charge on any atom is 0.255 e. The number of aromatic nitrogens is 3. The Morgan fingerprint density at radius 2 is 2.10 bits per heavy atom. The number of carbonyl (C=O) groups is 1. The average Bonchev–Trinajstić information content (AvgIpc) is 3.17. The molecule has 0 saturated carbocycles. The number of alkyl halides is 1. The van der Waals surface area contributed by atoms with E-state index in [-0.39, 0.29) is 18.7 Å². The van der Waals surface area contributed by atoms with E-state index in [1.807, 2.05) is 12.1 Å². The molecule has 3 heterocycles. The van der Waals surface area contributed by atoms with E-state index in [1.165, 1.54) is 26.2 Å². The van der Waals surface area contributed by atoms with Crippen molar-refractivity contribution >= 4 is 17.1 Å². The van der Waals surface area contributed by atoms with Crippen LogP contribution in [0.4, 0.5) is 10.1 Å². The summed E-state index contributed by atoms with van der Waals surface area (Å²) >= 11 is 0. The van der Waals surface area contributed by atoms with E-state index < -0.39 is 17.7 Å². The maximum absolute atomic E-state index is 14.0. The molecule has 1 atom stereocenters. The number of nitrogens with zero attached hydrogens (tertiary/aromatic N) is 5. The Morgan fingerprint density at radius 3 is 2.77 bits per heavy atom. The summed E-state index contributed by atoms with van der Waals surface area (Å²) in [5.41, 5.74) is 1.10.